The largest absolute Gasteiger partial charge is 0.451 e. The van der Waals surface area contributed by atoms with E-state index in [9.17, 15) is 9.59 Å². The molecule has 198 valence electrons. The van der Waals surface area contributed by atoms with Crippen molar-refractivity contribution in [1.29, 1.82) is 5.26 Å². The lowest BCUT2D eigenvalue weighted by Gasteiger charge is -2.25. The molecule has 2 aromatic carbocycles. The van der Waals surface area contributed by atoms with Crippen LogP contribution in [-0.4, -0.2) is 39.4 Å². The van der Waals surface area contributed by atoms with Crippen LogP contribution in [0, 0.1) is 11.3 Å². The van der Waals surface area contributed by atoms with Gasteiger partial charge in [0.25, 0.3) is 5.91 Å². The molecule has 0 N–H and O–H groups in total. The van der Waals surface area contributed by atoms with Gasteiger partial charge in [0.05, 0.1) is 30.2 Å². The number of likely N-dealkylation sites (tertiary alicyclic amines) is 1. The van der Waals surface area contributed by atoms with E-state index in [2.05, 4.69) is 11.1 Å². The average Bonchev–Trinajstić information content (AvgIpc) is 3.66. The molecule has 39 heavy (non-hydrogen) atoms. The maximum atomic E-state index is 13.0. The van der Waals surface area contributed by atoms with Crippen LogP contribution >= 0.6 is 0 Å². The van der Waals surface area contributed by atoms with Crippen LogP contribution in [-0.2, 0) is 17.9 Å². The molecular weight excluding hydrogens is 490 g/mol. The fourth-order valence-corrected chi connectivity index (χ4v) is 4.85. The van der Waals surface area contributed by atoms with Crippen LogP contribution in [0.2, 0.25) is 0 Å². The number of nitriles is 1. The van der Waals surface area contributed by atoms with Gasteiger partial charge >= 0.3 is 0 Å². The molecule has 1 saturated heterocycles. The molecule has 1 aliphatic rings. The van der Waals surface area contributed by atoms with Crippen molar-refractivity contribution in [2.24, 2.45) is 0 Å². The molecule has 0 atom stereocenters. The summed E-state index contributed by atoms with van der Waals surface area (Å²) in [5, 5.41) is 9.04. The highest BCUT2D eigenvalue weighted by Gasteiger charge is 2.22. The van der Waals surface area contributed by atoms with E-state index in [1.165, 1.54) is 0 Å². The van der Waals surface area contributed by atoms with Crippen LogP contribution in [0.5, 0.6) is 0 Å². The molecule has 2 aromatic heterocycles. The van der Waals surface area contributed by atoms with Crippen molar-refractivity contribution in [3.05, 3.63) is 95.8 Å². The Morgan fingerprint density at radius 1 is 1.00 bits per heavy atom. The average molecular weight is 522 g/mol. The number of carbonyl (C=O) groups excluding carboxylic acids is 2. The second-order valence-corrected chi connectivity index (χ2v) is 9.72. The summed E-state index contributed by atoms with van der Waals surface area (Å²) in [6, 6.07) is 20.8. The number of amides is 2. The molecule has 1 aliphatic heterocycles. The summed E-state index contributed by atoms with van der Waals surface area (Å²) in [4.78, 5) is 33.7. The predicted octanol–water partition coefficient (Wildman–Crippen LogP) is 5.63. The standard InChI is InChI=1S/C31H31N5O3/c1-2-30(37)36(21-27-19-33-22-35(27)20-24-8-6-23(18-32)7-9-24)26-12-10-25(11-13-26)28-14-15-29(39-28)31(38)34-16-4-3-5-17-34/h6-15,19,22H,2-5,16-17,20-21H2,1H3. The van der Waals surface area contributed by atoms with Crippen LogP contribution in [0.25, 0.3) is 11.3 Å². The zero-order valence-corrected chi connectivity index (χ0v) is 22.0. The Hall–Kier alpha value is -4.64. The summed E-state index contributed by atoms with van der Waals surface area (Å²) in [6.07, 6.45) is 7.12. The minimum Gasteiger partial charge on any atom is -0.451 e. The Morgan fingerprint density at radius 2 is 1.74 bits per heavy atom. The molecule has 0 bridgehead atoms. The number of hydrogen-bond donors (Lipinski definition) is 0. The predicted molar refractivity (Wildman–Crippen MR) is 148 cm³/mol. The molecule has 0 radical (unpaired) electrons. The third-order valence-corrected chi connectivity index (χ3v) is 7.08. The van der Waals surface area contributed by atoms with Crippen molar-refractivity contribution < 1.29 is 14.0 Å². The van der Waals surface area contributed by atoms with Crippen molar-refractivity contribution in [3.63, 3.8) is 0 Å². The Morgan fingerprint density at radius 3 is 2.44 bits per heavy atom. The summed E-state index contributed by atoms with van der Waals surface area (Å²) in [5.41, 5.74) is 4.17. The van der Waals surface area contributed by atoms with Crippen LogP contribution in [0.4, 0.5) is 5.69 Å². The molecule has 8 nitrogen and oxygen atoms in total. The van der Waals surface area contributed by atoms with Gasteiger partial charge in [-0.2, -0.15) is 5.26 Å². The lowest BCUT2D eigenvalue weighted by molar-refractivity contribution is -0.118. The number of carbonyl (C=O) groups is 2. The van der Waals surface area contributed by atoms with Gasteiger partial charge in [-0.3, -0.25) is 9.59 Å². The van der Waals surface area contributed by atoms with E-state index >= 15 is 0 Å². The van der Waals surface area contributed by atoms with Gasteiger partial charge in [0.2, 0.25) is 5.91 Å². The number of nitrogens with zero attached hydrogens (tertiary/aromatic N) is 5. The van der Waals surface area contributed by atoms with Gasteiger partial charge in [0.1, 0.15) is 5.76 Å². The maximum absolute atomic E-state index is 13.0. The van der Waals surface area contributed by atoms with E-state index in [-0.39, 0.29) is 11.8 Å². The third-order valence-electron chi connectivity index (χ3n) is 7.08. The lowest BCUT2D eigenvalue weighted by atomic mass is 10.1. The van der Waals surface area contributed by atoms with Crippen LogP contribution < -0.4 is 4.90 Å². The van der Waals surface area contributed by atoms with E-state index in [1.54, 1.807) is 35.6 Å². The van der Waals surface area contributed by atoms with Gasteiger partial charge < -0.3 is 18.8 Å². The molecule has 4 aromatic rings. The number of rotatable bonds is 8. The molecule has 3 heterocycles. The van der Waals surface area contributed by atoms with Gasteiger partial charge in [-0.15, -0.1) is 0 Å². The molecule has 8 heteroatoms. The zero-order chi connectivity index (χ0) is 27.2. The summed E-state index contributed by atoms with van der Waals surface area (Å²) in [5.74, 6) is 0.918. The zero-order valence-electron chi connectivity index (χ0n) is 22.0. The fraction of sp³-hybridized carbons (Fsp3) is 0.290. The molecule has 0 saturated carbocycles. The first-order chi connectivity index (χ1) is 19.1. The number of aromatic nitrogens is 2. The van der Waals surface area contributed by atoms with Gasteiger partial charge in [-0.05, 0) is 73.4 Å². The number of hydrogen-bond acceptors (Lipinski definition) is 5. The van der Waals surface area contributed by atoms with Gasteiger partial charge in [-0.1, -0.05) is 19.1 Å². The minimum atomic E-state index is -0.0603. The second kappa shape index (κ2) is 11.8. The molecule has 5 rings (SSSR count). The van der Waals surface area contributed by atoms with Crippen LogP contribution in [0.1, 0.15) is 60.0 Å². The van der Waals surface area contributed by atoms with Crippen molar-refractivity contribution >= 4 is 17.5 Å². The van der Waals surface area contributed by atoms with E-state index in [4.69, 9.17) is 9.68 Å². The molecule has 2 amide bonds. The number of furan rings is 1. The van der Waals surface area contributed by atoms with Crippen LogP contribution in [0.15, 0.2) is 77.6 Å². The molecular formula is C31H31N5O3. The monoisotopic (exact) mass is 521 g/mol. The molecule has 1 fully saturated rings. The summed E-state index contributed by atoms with van der Waals surface area (Å²) >= 11 is 0. The summed E-state index contributed by atoms with van der Waals surface area (Å²) in [7, 11) is 0. The molecule has 0 unspecified atom stereocenters. The summed E-state index contributed by atoms with van der Waals surface area (Å²) < 4.78 is 7.93. The van der Waals surface area contributed by atoms with E-state index < -0.39 is 0 Å². The van der Waals surface area contributed by atoms with Gasteiger partial charge in [0.15, 0.2) is 5.76 Å². The Labute approximate surface area is 228 Å². The number of benzene rings is 2. The molecule has 0 spiro atoms. The first kappa shape index (κ1) is 26.0. The first-order valence-corrected chi connectivity index (χ1v) is 13.3. The van der Waals surface area contributed by atoms with Gasteiger partial charge in [0, 0.05) is 43.5 Å². The van der Waals surface area contributed by atoms with E-state index in [0.717, 1.165) is 54.9 Å². The van der Waals surface area contributed by atoms with E-state index in [1.807, 2.05) is 58.9 Å². The number of imidazole rings is 1. The summed E-state index contributed by atoms with van der Waals surface area (Å²) in [6.45, 7) is 4.36. The SMILES string of the molecule is CCC(=O)N(Cc1cncn1Cc1ccc(C#N)cc1)c1ccc(-c2ccc(C(=O)N3CCCCC3)o2)cc1. The third kappa shape index (κ3) is 5.93. The maximum Gasteiger partial charge on any atom is 0.289 e. The second-order valence-electron chi connectivity index (χ2n) is 9.72. The number of piperidine rings is 1. The Kier molecular flexibility index (Phi) is 7.88. The quantitative estimate of drug-likeness (QED) is 0.299. The van der Waals surface area contributed by atoms with Crippen molar-refractivity contribution in [2.75, 3.05) is 18.0 Å². The van der Waals surface area contributed by atoms with Crippen molar-refractivity contribution in [3.8, 4) is 17.4 Å². The first-order valence-electron chi connectivity index (χ1n) is 13.3. The highest BCUT2D eigenvalue weighted by atomic mass is 16.4. The number of anilines is 1. The Balaban J connectivity index is 1.31. The van der Waals surface area contributed by atoms with E-state index in [0.29, 0.717) is 36.6 Å². The topological polar surface area (TPSA) is 95.4 Å². The Bertz CT molecular complexity index is 1470. The van der Waals surface area contributed by atoms with Crippen molar-refractivity contribution in [2.45, 2.75) is 45.7 Å². The minimum absolute atomic E-state index is 0.00119. The fourth-order valence-electron chi connectivity index (χ4n) is 4.85. The highest BCUT2D eigenvalue weighted by Crippen LogP contribution is 2.27. The van der Waals surface area contributed by atoms with Gasteiger partial charge in [-0.25, -0.2) is 4.98 Å². The molecule has 0 aliphatic carbocycles. The smallest absolute Gasteiger partial charge is 0.289 e. The normalized spacial score (nSPS) is 13.2. The van der Waals surface area contributed by atoms with Crippen LogP contribution in [0.3, 0.4) is 0 Å². The lowest BCUT2D eigenvalue weighted by Crippen LogP contribution is -2.35. The highest BCUT2D eigenvalue weighted by molar-refractivity contribution is 5.93. The van der Waals surface area contributed by atoms with Crippen molar-refractivity contribution in [1.82, 2.24) is 14.5 Å².